The molecule has 0 radical (unpaired) electrons. The Kier molecular flexibility index (Phi) is 4.12. The first-order chi connectivity index (χ1) is 12.5. The Morgan fingerprint density at radius 3 is 2.58 bits per heavy atom. The number of hydrogen-bond donors (Lipinski definition) is 0. The van der Waals surface area contributed by atoms with Crippen molar-refractivity contribution in [3.05, 3.63) is 47.6 Å². The van der Waals surface area contributed by atoms with Crippen LogP contribution >= 0.6 is 0 Å². The fourth-order valence-corrected chi connectivity index (χ4v) is 5.02. The second-order valence-corrected chi connectivity index (χ2v) is 8.20. The van der Waals surface area contributed by atoms with Gasteiger partial charge >= 0.3 is 0 Å². The topological polar surface area (TPSA) is 102 Å². The first-order valence-electron chi connectivity index (χ1n) is 8.29. The highest BCUT2D eigenvalue weighted by molar-refractivity contribution is 7.89. The Hall–Kier alpha value is -2.52. The minimum atomic E-state index is -3.65. The Morgan fingerprint density at radius 1 is 1.12 bits per heavy atom. The van der Waals surface area contributed by atoms with Crippen LogP contribution < -0.4 is 0 Å². The molecule has 1 aromatic carbocycles. The molecule has 1 fully saturated rings. The van der Waals surface area contributed by atoms with Crippen molar-refractivity contribution in [2.24, 2.45) is 0 Å². The smallest absolute Gasteiger partial charge is 0.257 e. The molecule has 0 amide bonds. The minimum absolute atomic E-state index is 0.105. The predicted octanol–water partition coefficient (Wildman–Crippen LogP) is 2.52. The maximum atomic E-state index is 12.9. The number of sulfonamides is 1. The highest BCUT2D eigenvalue weighted by Crippen LogP contribution is 2.32. The fourth-order valence-electron chi connectivity index (χ4n) is 3.23. The van der Waals surface area contributed by atoms with Crippen LogP contribution in [0.15, 0.2) is 44.3 Å². The van der Waals surface area contributed by atoms with E-state index in [4.69, 9.17) is 9.05 Å². The molecule has 3 aromatic rings. The van der Waals surface area contributed by atoms with Crippen LogP contribution in [0.5, 0.6) is 0 Å². The van der Waals surface area contributed by atoms with Crippen LogP contribution in [0.4, 0.5) is 0 Å². The molecule has 2 aromatic heterocycles. The van der Waals surface area contributed by atoms with Gasteiger partial charge in [0.15, 0.2) is 11.6 Å². The van der Waals surface area contributed by atoms with Crippen molar-refractivity contribution >= 4 is 10.0 Å². The molecule has 0 spiro atoms. The number of aromatic nitrogens is 3. The second-order valence-electron chi connectivity index (χ2n) is 6.33. The third-order valence-corrected chi connectivity index (χ3v) is 6.65. The number of benzene rings is 1. The van der Waals surface area contributed by atoms with Crippen LogP contribution in [0, 0.1) is 13.8 Å². The first kappa shape index (κ1) is 16.9. The Morgan fingerprint density at radius 2 is 1.88 bits per heavy atom. The molecule has 0 bridgehead atoms. The monoisotopic (exact) mass is 374 g/mol. The van der Waals surface area contributed by atoms with Crippen molar-refractivity contribution < 1.29 is 17.5 Å². The zero-order valence-corrected chi connectivity index (χ0v) is 15.2. The lowest BCUT2D eigenvalue weighted by atomic mass is 10.1. The Balaban J connectivity index is 1.55. The minimum Gasteiger partial charge on any atom is -0.360 e. The van der Waals surface area contributed by atoms with Crippen molar-refractivity contribution in [1.29, 1.82) is 0 Å². The standard InChI is InChI=1S/C17H18N4O4S/c1-11-15(12(2)24-19-11)26(22,23)21-9-8-14(10-21)16-18-17(25-20-16)13-6-4-3-5-7-13/h3-7,14H,8-10H2,1-2H3/t14-/m1/s1. The molecule has 8 nitrogen and oxygen atoms in total. The summed E-state index contributed by atoms with van der Waals surface area (Å²) in [6, 6.07) is 9.48. The number of aryl methyl sites for hydroxylation is 2. The summed E-state index contributed by atoms with van der Waals surface area (Å²) in [5, 5.41) is 7.80. The Labute approximate surface area is 150 Å². The Bertz CT molecular complexity index is 1010. The average molecular weight is 374 g/mol. The molecule has 1 atom stereocenters. The molecule has 1 saturated heterocycles. The molecule has 1 aliphatic rings. The van der Waals surface area contributed by atoms with Gasteiger partial charge in [0, 0.05) is 24.6 Å². The summed E-state index contributed by atoms with van der Waals surface area (Å²) in [7, 11) is -3.65. The molecular weight excluding hydrogens is 356 g/mol. The highest BCUT2D eigenvalue weighted by atomic mass is 32.2. The van der Waals surface area contributed by atoms with E-state index in [0.717, 1.165) is 5.56 Å². The third kappa shape index (κ3) is 2.82. The molecule has 4 rings (SSSR count). The van der Waals surface area contributed by atoms with Crippen molar-refractivity contribution in [3.63, 3.8) is 0 Å². The molecule has 0 aliphatic carbocycles. The zero-order valence-electron chi connectivity index (χ0n) is 14.4. The van der Waals surface area contributed by atoms with E-state index in [-0.39, 0.29) is 10.8 Å². The maximum Gasteiger partial charge on any atom is 0.257 e. The van der Waals surface area contributed by atoms with Crippen LogP contribution in [0.25, 0.3) is 11.5 Å². The predicted molar refractivity (Wildman–Crippen MR) is 91.8 cm³/mol. The summed E-state index contributed by atoms with van der Waals surface area (Å²) in [6.07, 6.45) is 0.635. The highest BCUT2D eigenvalue weighted by Gasteiger charge is 2.38. The maximum absolute atomic E-state index is 12.9. The van der Waals surface area contributed by atoms with Crippen molar-refractivity contribution in [1.82, 2.24) is 19.6 Å². The van der Waals surface area contributed by atoms with Crippen molar-refractivity contribution in [2.45, 2.75) is 31.1 Å². The van der Waals surface area contributed by atoms with Gasteiger partial charge in [-0.2, -0.15) is 9.29 Å². The average Bonchev–Trinajstić information content (AvgIpc) is 3.35. The summed E-state index contributed by atoms with van der Waals surface area (Å²) < 4.78 is 37.6. The quantitative estimate of drug-likeness (QED) is 0.691. The molecular formula is C17H18N4O4S. The van der Waals surface area contributed by atoms with Gasteiger partial charge in [-0.25, -0.2) is 8.42 Å². The zero-order chi connectivity index (χ0) is 18.3. The summed E-state index contributed by atoms with van der Waals surface area (Å²) in [5.41, 5.74) is 1.21. The van der Waals surface area contributed by atoms with Gasteiger partial charge in [0.05, 0.1) is 0 Å². The lowest BCUT2D eigenvalue weighted by Crippen LogP contribution is -2.29. The lowest BCUT2D eigenvalue weighted by Gasteiger charge is -2.15. The molecule has 0 N–H and O–H groups in total. The lowest BCUT2D eigenvalue weighted by molar-refractivity contribution is 0.389. The van der Waals surface area contributed by atoms with E-state index in [9.17, 15) is 8.42 Å². The van der Waals surface area contributed by atoms with Crippen LogP contribution in [0.3, 0.4) is 0 Å². The van der Waals surface area contributed by atoms with Gasteiger partial charge in [-0.05, 0) is 32.4 Å². The van der Waals surface area contributed by atoms with E-state index in [1.807, 2.05) is 30.3 Å². The number of hydrogen-bond acceptors (Lipinski definition) is 7. The van der Waals surface area contributed by atoms with Gasteiger partial charge in [-0.3, -0.25) is 0 Å². The SMILES string of the molecule is Cc1noc(C)c1S(=O)(=O)N1CC[C@@H](c2noc(-c3ccccc3)n2)C1. The largest absolute Gasteiger partial charge is 0.360 e. The fraction of sp³-hybridized carbons (Fsp3) is 0.353. The van der Waals surface area contributed by atoms with Gasteiger partial charge < -0.3 is 9.05 Å². The van der Waals surface area contributed by atoms with Gasteiger partial charge in [-0.1, -0.05) is 28.5 Å². The molecule has 0 unspecified atom stereocenters. The summed E-state index contributed by atoms with van der Waals surface area (Å²) in [6.45, 7) is 3.93. The molecule has 0 saturated carbocycles. The summed E-state index contributed by atoms with van der Waals surface area (Å²) in [4.78, 5) is 4.60. The van der Waals surface area contributed by atoms with Gasteiger partial charge in [0.25, 0.3) is 5.89 Å². The number of nitrogens with zero attached hydrogens (tertiary/aromatic N) is 4. The van der Waals surface area contributed by atoms with E-state index >= 15 is 0 Å². The van der Waals surface area contributed by atoms with E-state index < -0.39 is 10.0 Å². The molecule has 3 heterocycles. The van der Waals surface area contributed by atoms with E-state index in [0.29, 0.717) is 42.7 Å². The van der Waals surface area contributed by atoms with Gasteiger partial charge in [0.1, 0.15) is 10.6 Å². The molecule has 136 valence electrons. The van der Waals surface area contributed by atoms with E-state index in [1.165, 1.54) is 4.31 Å². The van der Waals surface area contributed by atoms with Crippen LogP contribution in [0.2, 0.25) is 0 Å². The summed E-state index contributed by atoms with van der Waals surface area (Å²) >= 11 is 0. The molecule has 26 heavy (non-hydrogen) atoms. The van der Waals surface area contributed by atoms with Crippen LogP contribution in [-0.4, -0.2) is 41.1 Å². The molecule has 9 heteroatoms. The summed E-state index contributed by atoms with van der Waals surface area (Å²) in [5.74, 6) is 1.16. The van der Waals surface area contributed by atoms with Gasteiger partial charge in [-0.15, -0.1) is 0 Å². The van der Waals surface area contributed by atoms with Crippen molar-refractivity contribution in [2.75, 3.05) is 13.1 Å². The van der Waals surface area contributed by atoms with E-state index in [2.05, 4.69) is 15.3 Å². The van der Waals surface area contributed by atoms with E-state index in [1.54, 1.807) is 13.8 Å². The van der Waals surface area contributed by atoms with Crippen molar-refractivity contribution in [3.8, 4) is 11.5 Å². The number of rotatable bonds is 4. The second kappa shape index (κ2) is 6.33. The third-order valence-electron chi connectivity index (χ3n) is 4.54. The normalized spacial score (nSPS) is 18.5. The molecule has 1 aliphatic heterocycles. The van der Waals surface area contributed by atoms with Gasteiger partial charge in [0.2, 0.25) is 10.0 Å². The van der Waals surface area contributed by atoms with Crippen LogP contribution in [-0.2, 0) is 10.0 Å². The first-order valence-corrected chi connectivity index (χ1v) is 9.73. The van der Waals surface area contributed by atoms with Crippen LogP contribution in [0.1, 0.15) is 29.6 Å².